The van der Waals surface area contributed by atoms with E-state index in [2.05, 4.69) is 205 Å². The highest BCUT2D eigenvalue weighted by molar-refractivity contribution is 8.00. The van der Waals surface area contributed by atoms with E-state index in [1.54, 1.807) is 0 Å². The lowest BCUT2D eigenvalue weighted by Gasteiger charge is -2.29. The normalized spacial score (nSPS) is 11.7. The fourth-order valence-corrected chi connectivity index (χ4v) is 9.56. The summed E-state index contributed by atoms with van der Waals surface area (Å²) < 4.78 is 0. The second-order valence-corrected chi connectivity index (χ2v) is 15.6. The van der Waals surface area contributed by atoms with E-state index in [9.17, 15) is 0 Å². The molecule has 58 heavy (non-hydrogen) atoms. The molecular formula is C54H35N3S. The van der Waals surface area contributed by atoms with E-state index in [0.29, 0.717) is 0 Å². The third-order valence-corrected chi connectivity index (χ3v) is 12.3. The number of rotatable bonds is 7. The minimum absolute atomic E-state index is 0.877. The SMILES string of the molecule is c1ccc(-c2ccc(N(c3ccccc3)c3ccc4c5c(cccc35)-c3cccc(-c5nc6ccccc6nc5-c5cccc(-c6ccccc6)c5)c3S4)cc2)cc1. The van der Waals surface area contributed by atoms with Crippen LogP contribution in [0.25, 0.3) is 77.7 Å². The summed E-state index contributed by atoms with van der Waals surface area (Å²) in [6, 6.07) is 75.5. The standard InChI is InChI=1S/C54H35N3S/c1-4-15-36(16-5-1)38-29-31-42(32-30-38)57(41-21-8-3-9-22-41)49-33-34-50-51-43(23-13-25-45(49)51)44-24-14-26-46(54(44)58-50)53-52(55-47-27-10-11-28-48(47)56-53)40-20-12-19-39(35-40)37-17-6-2-7-18-37/h1-35H. The van der Waals surface area contributed by atoms with Gasteiger partial charge in [0.25, 0.3) is 0 Å². The van der Waals surface area contributed by atoms with Crippen LogP contribution in [0.1, 0.15) is 0 Å². The molecule has 0 amide bonds. The molecule has 0 atom stereocenters. The smallest absolute Gasteiger partial charge is 0.0984 e. The molecule has 0 aliphatic carbocycles. The van der Waals surface area contributed by atoms with Crippen molar-refractivity contribution in [3.63, 3.8) is 0 Å². The Kier molecular flexibility index (Phi) is 8.41. The molecule has 1 aromatic heterocycles. The van der Waals surface area contributed by atoms with Crippen LogP contribution in [0.4, 0.5) is 17.1 Å². The predicted molar refractivity (Wildman–Crippen MR) is 243 cm³/mol. The van der Waals surface area contributed by atoms with E-state index < -0.39 is 0 Å². The van der Waals surface area contributed by atoms with Gasteiger partial charge in [0, 0.05) is 43.1 Å². The van der Waals surface area contributed by atoms with Gasteiger partial charge in [0.1, 0.15) is 0 Å². The van der Waals surface area contributed by atoms with Gasteiger partial charge >= 0.3 is 0 Å². The lowest BCUT2D eigenvalue weighted by atomic mass is 9.93. The summed E-state index contributed by atoms with van der Waals surface area (Å²) in [5.74, 6) is 0. The summed E-state index contributed by atoms with van der Waals surface area (Å²) in [6.45, 7) is 0. The quantitative estimate of drug-likeness (QED) is 0.162. The third-order valence-electron chi connectivity index (χ3n) is 11.1. The molecule has 4 heteroatoms. The van der Waals surface area contributed by atoms with Crippen LogP contribution in [0.3, 0.4) is 0 Å². The fraction of sp³-hybridized carbons (Fsp3) is 0. The summed E-state index contributed by atoms with van der Waals surface area (Å²) in [5, 5.41) is 2.47. The predicted octanol–water partition coefficient (Wildman–Crippen LogP) is 15.1. The average molecular weight is 758 g/mol. The molecule has 10 aromatic rings. The number of hydrogen-bond donors (Lipinski definition) is 0. The largest absolute Gasteiger partial charge is 0.310 e. The Balaban J connectivity index is 1.07. The Labute approximate surface area is 342 Å². The van der Waals surface area contributed by atoms with Crippen molar-refractivity contribution in [1.29, 1.82) is 0 Å². The summed E-state index contributed by atoms with van der Waals surface area (Å²) >= 11 is 1.83. The van der Waals surface area contributed by atoms with Crippen LogP contribution < -0.4 is 4.90 Å². The van der Waals surface area contributed by atoms with Crippen LogP contribution in [0.15, 0.2) is 222 Å². The molecule has 2 heterocycles. The molecule has 0 N–H and O–H groups in total. The molecular weight excluding hydrogens is 723 g/mol. The van der Waals surface area contributed by atoms with Crippen LogP contribution in [0.5, 0.6) is 0 Å². The zero-order chi connectivity index (χ0) is 38.4. The van der Waals surface area contributed by atoms with E-state index in [-0.39, 0.29) is 0 Å². The van der Waals surface area contributed by atoms with Crippen LogP contribution in [-0.4, -0.2) is 9.97 Å². The van der Waals surface area contributed by atoms with Gasteiger partial charge in [0.2, 0.25) is 0 Å². The minimum Gasteiger partial charge on any atom is -0.310 e. The van der Waals surface area contributed by atoms with Gasteiger partial charge in [0.05, 0.1) is 28.1 Å². The third kappa shape index (κ3) is 5.94. The van der Waals surface area contributed by atoms with Crippen LogP contribution in [-0.2, 0) is 0 Å². The molecule has 272 valence electrons. The summed E-state index contributed by atoms with van der Waals surface area (Å²) in [7, 11) is 0. The number of nitrogens with zero attached hydrogens (tertiary/aromatic N) is 3. The molecule has 0 radical (unpaired) electrons. The minimum atomic E-state index is 0.877. The summed E-state index contributed by atoms with van der Waals surface area (Å²) in [4.78, 5) is 15.5. The van der Waals surface area contributed by atoms with Crippen molar-refractivity contribution in [3.8, 4) is 55.9 Å². The zero-order valence-electron chi connectivity index (χ0n) is 31.5. The van der Waals surface area contributed by atoms with E-state index in [0.717, 1.165) is 56.2 Å². The van der Waals surface area contributed by atoms with Crippen LogP contribution >= 0.6 is 11.8 Å². The summed E-state index contributed by atoms with van der Waals surface area (Å²) in [6.07, 6.45) is 0. The van der Waals surface area contributed by atoms with Gasteiger partial charge in [-0.15, -0.1) is 0 Å². The maximum absolute atomic E-state index is 5.38. The first kappa shape index (κ1) is 34.0. The molecule has 0 spiro atoms. The van der Waals surface area contributed by atoms with E-state index in [4.69, 9.17) is 9.97 Å². The molecule has 3 nitrogen and oxygen atoms in total. The Hall–Kier alpha value is -7.27. The first-order valence-corrected chi connectivity index (χ1v) is 20.4. The highest BCUT2D eigenvalue weighted by Crippen LogP contribution is 2.54. The number of fused-ring (bicyclic) bond motifs is 3. The average Bonchev–Trinajstić information content (AvgIpc) is 3.30. The van der Waals surface area contributed by atoms with Gasteiger partial charge in [-0.3, -0.25) is 0 Å². The molecule has 9 aromatic carbocycles. The Morgan fingerprint density at radius 2 is 0.897 bits per heavy atom. The molecule has 0 saturated heterocycles. The Bertz CT molecular complexity index is 3130. The van der Waals surface area contributed by atoms with Gasteiger partial charge in [-0.1, -0.05) is 169 Å². The van der Waals surface area contributed by atoms with Crippen molar-refractivity contribution in [3.05, 3.63) is 212 Å². The molecule has 0 bridgehead atoms. The van der Waals surface area contributed by atoms with Gasteiger partial charge < -0.3 is 4.90 Å². The number of para-hydroxylation sites is 3. The van der Waals surface area contributed by atoms with Gasteiger partial charge in [-0.05, 0) is 88.0 Å². The second-order valence-electron chi connectivity index (χ2n) is 14.5. The monoisotopic (exact) mass is 757 g/mol. The highest BCUT2D eigenvalue weighted by Gasteiger charge is 2.27. The molecule has 11 rings (SSSR count). The van der Waals surface area contributed by atoms with Crippen molar-refractivity contribution in [2.45, 2.75) is 9.79 Å². The van der Waals surface area contributed by atoms with Crippen molar-refractivity contribution in [1.82, 2.24) is 9.97 Å². The lowest BCUT2D eigenvalue weighted by Crippen LogP contribution is -2.11. The number of anilines is 3. The molecule has 1 aliphatic rings. The topological polar surface area (TPSA) is 29.0 Å². The van der Waals surface area contributed by atoms with Crippen molar-refractivity contribution in [2.24, 2.45) is 0 Å². The molecule has 0 fully saturated rings. The van der Waals surface area contributed by atoms with E-state index in [1.807, 2.05) is 23.9 Å². The van der Waals surface area contributed by atoms with Crippen molar-refractivity contribution in [2.75, 3.05) is 4.90 Å². The molecule has 1 aliphatic heterocycles. The van der Waals surface area contributed by atoms with Gasteiger partial charge in [-0.25, -0.2) is 9.97 Å². The number of aromatic nitrogens is 2. The van der Waals surface area contributed by atoms with Crippen LogP contribution in [0.2, 0.25) is 0 Å². The number of benzene rings is 9. The van der Waals surface area contributed by atoms with E-state index >= 15 is 0 Å². The summed E-state index contributed by atoms with van der Waals surface area (Å²) in [5.41, 5.74) is 16.1. The first-order chi connectivity index (χ1) is 28.8. The molecule has 0 unspecified atom stereocenters. The first-order valence-electron chi connectivity index (χ1n) is 19.6. The zero-order valence-corrected chi connectivity index (χ0v) is 32.3. The van der Waals surface area contributed by atoms with Crippen molar-refractivity contribution >= 4 is 50.6 Å². The maximum Gasteiger partial charge on any atom is 0.0984 e. The Morgan fingerprint density at radius 1 is 0.362 bits per heavy atom. The number of hydrogen-bond acceptors (Lipinski definition) is 4. The highest BCUT2D eigenvalue weighted by atomic mass is 32.2. The Morgan fingerprint density at radius 3 is 1.64 bits per heavy atom. The van der Waals surface area contributed by atoms with Gasteiger partial charge in [0.15, 0.2) is 0 Å². The van der Waals surface area contributed by atoms with E-state index in [1.165, 1.54) is 48.4 Å². The maximum atomic E-state index is 5.38. The van der Waals surface area contributed by atoms with Gasteiger partial charge in [-0.2, -0.15) is 0 Å². The van der Waals surface area contributed by atoms with Crippen molar-refractivity contribution < 1.29 is 0 Å². The second kappa shape index (κ2) is 14.3. The fourth-order valence-electron chi connectivity index (χ4n) is 8.32. The lowest BCUT2D eigenvalue weighted by molar-refractivity contribution is 1.26. The van der Waals surface area contributed by atoms with Crippen LogP contribution in [0, 0.1) is 0 Å². The molecule has 0 saturated carbocycles.